The molecule has 2 unspecified atom stereocenters. The Kier molecular flexibility index (Phi) is 5.69. The first kappa shape index (κ1) is 19.2. The van der Waals surface area contributed by atoms with Gasteiger partial charge in [0.1, 0.15) is 0 Å². The van der Waals surface area contributed by atoms with Crippen LogP contribution in [-0.4, -0.2) is 31.6 Å². The van der Waals surface area contributed by atoms with Crippen molar-refractivity contribution in [1.29, 1.82) is 0 Å². The first-order chi connectivity index (χ1) is 13.0. The van der Waals surface area contributed by atoms with Gasteiger partial charge in [0.15, 0.2) is 11.2 Å². The third-order valence-electron chi connectivity index (χ3n) is 4.53. The number of hydrogen-bond donors (Lipinski definition) is 0. The molecule has 1 aromatic carbocycles. The summed E-state index contributed by atoms with van der Waals surface area (Å²) >= 11 is 0.874. The minimum atomic E-state index is -0.853. The maximum absolute atomic E-state index is 13.0. The summed E-state index contributed by atoms with van der Waals surface area (Å²) in [4.78, 5) is 49.6. The molecule has 2 atom stereocenters. The number of benzene rings is 1. The summed E-state index contributed by atoms with van der Waals surface area (Å²) in [5, 5.41) is -0.197. The molecule has 27 heavy (non-hydrogen) atoms. The van der Waals surface area contributed by atoms with Crippen LogP contribution in [-0.2, 0) is 20.2 Å². The van der Waals surface area contributed by atoms with Crippen molar-refractivity contribution in [3.05, 3.63) is 56.9 Å². The van der Waals surface area contributed by atoms with Crippen LogP contribution < -0.4 is 11.4 Å². The highest BCUT2D eigenvalue weighted by molar-refractivity contribution is 8.12. The molecule has 0 fully saturated rings. The van der Waals surface area contributed by atoms with Gasteiger partial charge in [-0.05, 0) is 25.3 Å². The van der Waals surface area contributed by atoms with E-state index in [2.05, 4.69) is 0 Å². The van der Waals surface area contributed by atoms with Crippen molar-refractivity contribution >= 4 is 22.8 Å². The molecule has 8 nitrogen and oxygen atoms in total. The van der Waals surface area contributed by atoms with E-state index in [-0.39, 0.29) is 23.6 Å². The van der Waals surface area contributed by atoms with Gasteiger partial charge in [0, 0.05) is 6.92 Å². The highest BCUT2D eigenvalue weighted by Crippen LogP contribution is 2.31. The summed E-state index contributed by atoms with van der Waals surface area (Å²) < 4.78 is 8.63. The fourth-order valence-electron chi connectivity index (χ4n) is 3.35. The predicted octanol–water partition coefficient (Wildman–Crippen LogP) is 1.54. The Bertz CT molecular complexity index is 960. The monoisotopic (exact) mass is 391 g/mol. The fraction of sp³-hybridized carbons (Fsp3) is 0.444. The maximum atomic E-state index is 13.0. The number of aromatic nitrogens is 3. The van der Waals surface area contributed by atoms with E-state index in [4.69, 9.17) is 4.74 Å². The lowest BCUT2D eigenvalue weighted by Crippen LogP contribution is -2.41. The van der Waals surface area contributed by atoms with Gasteiger partial charge in [-0.25, -0.2) is 28.3 Å². The van der Waals surface area contributed by atoms with Crippen molar-refractivity contribution < 1.29 is 14.3 Å². The van der Waals surface area contributed by atoms with Crippen LogP contribution in [0.5, 0.6) is 0 Å². The molecule has 0 aliphatic carbocycles. The Morgan fingerprint density at radius 2 is 1.78 bits per heavy atom. The predicted molar refractivity (Wildman–Crippen MR) is 101 cm³/mol. The number of ether oxygens (including phenoxy) is 1. The van der Waals surface area contributed by atoms with Gasteiger partial charge in [-0.2, -0.15) is 0 Å². The van der Waals surface area contributed by atoms with Crippen LogP contribution in [0.4, 0.5) is 0 Å². The van der Waals surface area contributed by atoms with E-state index >= 15 is 0 Å². The number of nitrogens with zero attached hydrogens (tertiary/aromatic N) is 3. The van der Waals surface area contributed by atoms with Crippen LogP contribution in [0.15, 0.2) is 39.9 Å². The van der Waals surface area contributed by atoms with Gasteiger partial charge >= 0.3 is 17.3 Å². The molecule has 0 bridgehead atoms. The molecule has 0 radical (unpaired) electrons. The van der Waals surface area contributed by atoms with Crippen molar-refractivity contribution in [1.82, 2.24) is 13.9 Å². The van der Waals surface area contributed by atoms with Crippen molar-refractivity contribution in [2.75, 3.05) is 6.61 Å². The Hall–Kier alpha value is -2.55. The van der Waals surface area contributed by atoms with Gasteiger partial charge in [-0.1, -0.05) is 42.1 Å². The lowest BCUT2D eigenvalue weighted by atomic mass is 9.97. The number of esters is 1. The van der Waals surface area contributed by atoms with E-state index in [0.717, 1.165) is 21.9 Å². The molecule has 1 aliphatic heterocycles. The fourth-order valence-corrected chi connectivity index (χ4v) is 3.88. The van der Waals surface area contributed by atoms with Crippen molar-refractivity contribution in [2.24, 2.45) is 0 Å². The molecule has 0 saturated carbocycles. The molecule has 144 valence electrons. The Balaban J connectivity index is 2.14. The molecule has 0 amide bonds. The summed E-state index contributed by atoms with van der Waals surface area (Å²) in [5.74, 6) is -0.618. The lowest BCUT2D eigenvalue weighted by Gasteiger charge is -2.30. The molecule has 1 aliphatic rings. The second-order valence-electron chi connectivity index (χ2n) is 6.22. The van der Waals surface area contributed by atoms with Crippen LogP contribution in [0.25, 0.3) is 0 Å². The first-order valence-corrected chi connectivity index (χ1v) is 9.73. The summed E-state index contributed by atoms with van der Waals surface area (Å²) in [6.07, 6.45) is 0.915. The average molecular weight is 391 g/mol. The summed E-state index contributed by atoms with van der Waals surface area (Å²) in [6, 6.07) is 8.16. The number of carbonyl (C=O) groups is 2. The van der Waals surface area contributed by atoms with Gasteiger partial charge in [-0.3, -0.25) is 4.79 Å². The lowest BCUT2D eigenvalue weighted by molar-refractivity contribution is -0.149. The van der Waals surface area contributed by atoms with E-state index in [9.17, 15) is 19.2 Å². The van der Waals surface area contributed by atoms with E-state index in [0.29, 0.717) is 12.8 Å². The van der Waals surface area contributed by atoms with E-state index in [1.54, 1.807) is 6.92 Å². The van der Waals surface area contributed by atoms with Gasteiger partial charge < -0.3 is 4.74 Å². The van der Waals surface area contributed by atoms with Crippen LogP contribution in [0.2, 0.25) is 0 Å². The van der Waals surface area contributed by atoms with Crippen molar-refractivity contribution in [3.63, 3.8) is 0 Å². The molecule has 9 heteroatoms. The van der Waals surface area contributed by atoms with Crippen LogP contribution >= 0.6 is 11.8 Å². The SMILES string of the molecule is CCOC(=O)C1CCC(c2ccccc2)n2c(=O)n(CSC(C)=O)c(=O)n21. The first-order valence-electron chi connectivity index (χ1n) is 8.74. The standard InChI is InChI=1S/C18H21N3O5S/c1-3-26-16(23)15-10-9-14(13-7-5-4-6-8-13)20-17(24)19(11-27-12(2)22)18(25)21(15)20/h4-8,14-15H,3,9-11H2,1-2H3. The number of carbonyl (C=O) groups excluding carboxylic acids is 2. The zero-order valence-electron chi connectivity index (χ0n) is 15.2. The largest absolute Gasteiger partial charge is 0.464 e. The topological polar surface area (TPSA) is 92.3 Å². The second-order valence-corrected chi connectivity index (χ2v) is 7.34. The Morgan fingerprint density at radius 3 is 2.41 bits per heavy atom. The summed E-state index contributed by atoms with van der Waals surface area (Å²) in [6.45, 7) is 3.26. The van der Waals surface area contributed by atoms with E-state index in [1.165, 1.54) is 16.3 Å². The average Bonchev–Trinajstić information content (AvgIpc) is 2.91. The summed E-state index contributed by atoms with van der Waals surface area (Å²) in [7, 11) is 0. The molecular weight excluding hydrogens is 370 g/mol. The third-order valence-corrected chi connectivity index (χ3v) is 5.32. The second kappa shape index (κ2) is 7.99. The van der Waals surface area contributed by atoms with Crippen molar-refractivity contribution in [3.8, 4) is 0 Å². The normalized spacial score (nSPS) is 18.7. The molecule has 1 aromatic heterocycles. The molecule has 0 saturated heterocycles. The maximum Gasteiger partial charge on any atom is 0.348 e. The number of rotatable bonds is 5. The third kappa shape index (κ3) is 3.64. The quantitative estimate of drug-likeness (QED) is 0.718. The van der Waals surface area contributed by atoms with Gasteiger partial charge in [0.05, 0.1) is 18.5 Å². The van der Waals surface area contributed by atoms with Gasteiger partial charge in [0.25, 0.3) is 0 Å². The van der Waals surface area contributed by atoms with Crippen LogP contribution in [0.3, 0.4) is 0 Å². The number of hydrogen-bond acceptors (Lipinski definition) is 6. The zero-order chi connectivity index (χ0) is 19.6. The minimum Gasteiger partial charge on any atom is -0.464 e. The number of thioether (sulfide) groups is 1. The highest BCUT2D eigenvalue weighted by atomic mass is 32.2. The highest BCUT2D eigenvalue weighted by Gasteiger charge is 2.37. The molecule has 2 aromatic rings. The van der Waals surface area contributed by atoms with Crippen LogP contribution in [0.1, 0.15) is 44.3 Å². The molecule has 0 spiro atoms. The van der Waals surface area contributed by atoms with E-state index < -0.39 is 23.4 Å². The minimum absolute atomic E-state index is 0.0863. The van der Waals surface area contributed by atoms with Gasteiger partial charge in [0.2, 0.25) is 0 Å². The Labute approximate surface area is 159 Å². The molecule has 2 heterocycles. The number of fused-ring (bicyclic) bond motifs is 1. The van der Waals surface area contributed by atoms with Crippen molar-refractivity contribution in [2.45, 2.75) is 44.6 Å². The zero-order valence-corrected chi connectivity index (χ0v) is 16.0. The Morgan fingerprint density at radius 1 is 1.11 bits per heavy atom. The van der Waals surface area contributed by atoms with E-state index in [1.807, 2.05) is 30.3 Å². The molecule has 0 N–H and O–H groups in total. The van der Waals surface area contributed by atoms with Gasteiger partial charge in [-0.15, -0.1) is 0 Å². The van der Waals surface area contributed by atoms with Crippen LogP contribution in [0, 0.1) is 0 Å². The smallest absolute Gasteiger partial charge is 0.348 e. The molecule has 3 rings (SSSR count). The molecular formula is C18H21N3O5S. The summed E-state index contributed by atoms with van der Waals surface area (Å²) in [5.41, 5.74) is -0.254.